The highest BCUT2D eigenvalue weighted by Gasteiger charge is 2.23. The molecule has 0 bridgehead atoms. The minimum absolute atomic E-state index is 0.0113. The fraction of sp³-hybridized carbons (Fsp3) is 0.471. The molecule has 0 aliphatic rings. The second-order valence-corrected chi connectivity index (χ2v) is 6.50. The van der Waals surface area contributed by atoms with E-state index < -0.39 is 17.9 Å². The molecule has 1 aromatic carbocycles. The zero-order valence-electron chi connectivity index (χ0n) is 13.2. The van der Waals surface area contributed by atoms with Crippen molar-refractivity contribution in [1.29, 1.82) is 5.26 Å². The van der Waals surface area contributed by atoms with Crippen LogP contribution in [-0.2, 0) is 11.2 Å². The van der Waals surface area contributed by atoms with Gasteiger partial charge in [0.2, 0.25) is 0 Å². The van der Waals surface area contributed by atoms with Crippen LogP contribution in [0.4, 0.5) is 0 Å². The molecule has 0 saturated heterocycles. The van der Waals surface area contributed by atoms with Crippen molar-refractivity contribution in [3.05, 3.63) is 35.4 Å². The summed E-state index contributed by atoms with van der Waals surface area (Å²) in [5, 5.41) is 20.4. The van der Waals surface area contributed by atoms with E-state index in [-0.39, 0.29) is 11.8 Å². The average Bonchev–Trinajstić information content (AvgIpc) is 2.43. The Morgan fingerprint density at radius 2 is 1.86 bits per heavy atom. The Hall–Kier alpha value is -2.35. The molecule has 0 aliphatic heterocycles. The summed E-state index contributed by atoms with van der Waals surface area (Å²) in [6.45, 7) is 6.09. The fourth-order valence-electron chi connectivity index (χ4n) is 1.94. The summed E-state index contributed by atoms with van der Waals surface area (Å²) in [5.74, 6) is -1.44. The van der Waals surface area contributed by atoms with Crippen LogP contribution in [-0.4, -0.2) is 23.0 Å². The molecule has 0 aromatic heterocycles. The number of carbonyl (C=O) groups excluding carboxylic acids is 1. The monoisotopic (exact) mass is 302 g/mol. The van der Waals surface area contributed by atoms with Gasteiger partial charge in [0.1, 0.15) is 6.04 Å². The number of nitrogens with one attached hydrogen (secondary N) is 1. The summed E-state index contributed by atoms with van der Waals surface area (Å²) in [6, 6.07) is 7.73. The zero-order valence-corrected chi connectivity index (χ0v) is 13.2. The minimum Gasteiger partial charge on any atom is -0.480 e. The van der Waals surface area contributed by atoms with Gasteiger partial charge in [-0.15, -0.1) is 0 Å². The van der Waals surface area contributed by atoms with Gasteiger partial charge in [-0.05, 0) is 36.0 Å². The molecule has 0 fully saturated rings. The van der Waals surface area contributed by atoms with E-state index in [0.717, 1.165) is 5.56 Å². The minimum atomic E-state index is -1.03. The van der Waals surface area contributed by atoms with Crippen molar-refractivity contribution in [2.24, 2.45) is 5.41 Å². The number of aliphatic carboxylic acids is 1. The van der Waals surface area contributed by atoms with Crippen molar-refractivity contribution in [2.75, 3.05) is 0 Å². The van der Waals surface area contributed by atoms with Gasteiger partial charge in [0.25, 0.3) is 5.91 Å². The molecule has 1 unspecified atom stereocenters. The predicted octanol–water partition coefficient (Wildman–Crippen LogP) is 2.76. The Balaban J connectivity index is 2.70. The second-order valence-electron chi connectivity index (χ2n) is 6.50. The van der Waals surface area contributed by atoms with Crippen molar-refractivity contribution < 1.29 is 14.7 Å². The molecule has 0 saturated carbocycles. The van der Waals surface area contributed by atoms with E-state index in [1.54, 1.807) is 24.3 Å². The highest BCUT2D eigenvalue weighted by molar-refractivity contribution is 5.96. The first-order valence-corrected chi connectivity index (χ1v) is 7.22. The molecule has 0 aliphatic carbocycles. The van der Waals surface area contributed by atoms with E-state index in [1.807, 2.05) is 26.8 Å². The first kappa shape index (κ1) is 17.7. The molecule has 1 amide bonds. The van der Waals surface area contributed by atoms with Crippen LogP contribution in [0.25, 0.3) is 0 Å². The first-order chi connectivity index (χ1) is 10.2. The highest BCUT2D eigenvalue weighted by atomic mass is 16.4. The van der Waals surface area contributed by atoms with E-state index in [2.05, 4.69) is 5.32 Å². The normalized spacial score (nSPS) is 12.3. The van der Waals surface area contributed by atoms with E-state index in [0.29, 0.717) is 18.4 Å². The summed E-state index contributed by atoms with van der Waals surface area (Å²) >= 11 is 0. The Morgan fingerprint density at radius 3 is 2.32 bits per heavy atom. The third-order valence-electron chi connectivity index (χ3n) is 3.29. The van der Waals surface area contributed by atoms with Crippen LogP contribution in [0.5, 0.6) is 0 Å². The number of benzene rings is 1. The quantitative estimate of drug-likeness (QED) is 0.845. The van der Waals surface area contributed by atoms with Crippen LogP contribution in [0.3, 0.4) is 0 Å². The number of nitriles is 1. The Labute approximate surface area is 131 Å². The van der Waals surface area contributed by atoms with E-state index in [9.17, 15) is 14.7 Å². The van der Waals surface area contributed by atoms with Gasteiger partial charge in [-0.3, -0.25) is 4.79 Å². The maximum atomic E-state index is 12.1. The van der Waals surface area contributed by atoms with Crippen molar-refractivity contribution >= 4 is 11.9 Å². The molecular formula is C17H22N2O3. The maximum absolute atomic E-state index is 12.1. The molecule has 0 heterocycles. The average molecular weight is 302 g/mol. The SMILES string of the molecule is CC(C)(C)CCC(NC(=O)c1ccc(CC#N)cc1)C(=O)O. The van der Waals surface area contributed by atoms with E-state index in [1.165, 1.54) is 0 Å². The van der Waals surface area contributed by atoms with Gasteiger partial charge in [0.15, 0.2) is 0 Å². The van der Waals surface area contributed by atoms with Crippen LogP contribution >= 0.6 is 0 Å². The van der Waals surface area contributed by atoms with Gasteiger partial charge >= 0.3 is 5.97 Å². The standard InChI is InChI=1S/C17H22N2O3/c1-17(2,3)10-8-14(16(21)22)19-15(20)13-6-4-12(5-7-13)9-11-18/h4-7,14H,8-10H2,1-3H3,(H,19,20)(H,21,22). The summed E-state index contributed by atoms with van der Waals surface area (Å²) < 4.78 is 0. The lowest BCUT2D eigenvalue weighted by atomic mass is 9.88. The molecule has 1 aromatic rings. The van der Waals surface area contributed by atoms with Crippen LogP contribution in [0, 0.1) is 16.7 Å². The molecule has 5 heteroatoms. The molecule has 2 N–H and O–H groups in total. The lowest BCUT2D eigenvalue weighted by Crippen LogP contribution is -2.41. The lowest BCUT2D eigenvalue weighted by molar-refractivity contribution is -0.139. The smallest absolute Gasteiger partial charge is 0.326 e. The van der Waals surface area contributed by atoms with Gasteiger partial charge in [0.05, 0.1) is 12.5 Å². The van der Waals surface area contributed by atoms with Crippen molar-refractivity contribution in [1.82, 2.24) is 5.32 Å². The van der Waals surface area contributed by atoms with E-state index in [4.69, 9.17) is 5.26 Å². The molecular weight excluding hydrogens is 280 g/mol. The Kier molecular flexibility index (Phi) is 6.11. The van der Waals surface area contributed by atoms with Gasteiger partial charge in [-0.25, -0.2) is 4.79 Å². The van der Waals surface area contributed by atoms with E-state index >= 15 is 0 Å². The zero-order chi connectivity index (χ0) is 16.8. The fourth-order valence-corrected chi connectivity index (χ4v) is 1.94. The van der Waals surface area contributed by atoms with Gasteiger partial charge in [-0.2, -0.15) is 5.26 Å². The molecule has 1 rings (SSSR count). The molecule has 1 atom stereocenters. The molecule has 0 spiro atoms. The summed E-state index contributed by atoms with van der Waals surface area (Å²) in [7, 11) is 0. The third-order valence-corrected chi connectivity index (χ3v) is 3.29. The van der Waals surface area contributed by atoms with Crippen LogP contribution in [0.15, 0.2) is 24.3 Å². The van der Waals surface area contributed by atoms with Gasteiger partial charge in [-0.1, -0.05) is 32.9 Å². The first-order valence-electron chi connectivity index (χ1n) is 7.22. The van der Waals surface area contributed by atoms with Crippen LogP contribution in [0.2, 0.25) is 0 Å². The van der Waals surface area contributed by atoms with Gasteiger partial charge in [0, 0.05) is 5.56 Å². The number of rotatable bonds is 6. The Morgan fingerprint density at radius 1 is 1.27 bits per heavy atom. The van der Waals surface area contributed by atoms with Crippen molar-refractivity contribution in [3.63, 3.8) is 0 Å². The third kappa shape index (κ3) is 5.96. The second kappa shape index (κ2) is 7.60. The molecule has 118 valence electrons. The number of carboxylic acids is 1. The summed E-state index contributed by atoms with van der Waals surface area (Å²) in [6.07, 6.45) is 1.37. The maximum Gasteiger partial charge on any atom is 0.326 e. The molecule has 22 heavy (non-hydrogen) atoms. The molecule has 5 nitrogen and oxygen atoms in total. The predicted molar refractivity (Wildman–Crippen MR) is 83.3 cm³/mol. The number of carbonyl (C=O) groups is 2. The summed E-state index contributed by atoms with van der Waals surface area (Å²) in [5.41, 5.74) is 1.22. The molecule has 0 radical (unpaired) electrons. The highest BCUT2D eigenvalue weighted by Crippen LogP contribution is 2.21. The van der Waals surface area contributed by atoms with Crippen LogP contribution < -0.4 is 5.32 Å². The number of nitrogens with zero attached hydrogens (tertiary/aromatic N) is 1. The van der Waals surface area contributed by atoms with Crippen molar-refractivity contribution in [3.8, 4) is 6.07 Å². The number of hydrogen-bond donors (Lipinski definition) is 2. The summed E-state index contributed by atoms with van der Waals surface area (Å²) in [4.78, 5) is 23.4. The number of carboxylic acid groups (broad SMARTS) is 1. The number of hydrogen-bond acceptors (Lipinski definition) is 3. The lowest BCUT2D eigenvalue weighted by Gasteiger charge is -2.21. The van der Waals surface area contributed by atoms with Crippen LogP contribution in [0.1, 0.15) is 49.5 Å². The largest absolute Gasteiger partial charge is 0.480 e. The Bertz CT molecular complexity index is 565. The van der Waals surface area contributed by atoms with Gasteiger partial charge < -0.3 is 10.4 Å². The number of amides is 1. The van der Waals surface area contributed by atoms with Crippen molar-refractivity contribution in [2.45, 2.75) is 46.1 Å². The topological polar surface area (TPSA) is 90.2 Å².